The molecule has 0 bridgehead atoms. The molecule has 0 aliphatic rings. The maximum absolute atomic E-state index is 14.0. The first kappa shape index (κ1) is 16.0. The Hall–Kier alpha value is -1.35. The second-order valence-electron chi connectivity index (χ2n) is 5.23. The van der Waals surface area contributed by atoms with Gasteiger partial charge in [-0.3, -0.25) is 0 Å². The molecule has 0 fully saturated rings. The molecule has 2 aromatic carbocycles. The predicted molar refractivity (Wildman–Crippen MR) is 91.0 cm³/mol. The van der Waals surface area contributed by atoms with E-state index in [0.717, 1.165) is 17.3 Å². The van der Waals surface area contributed by atoms with Crippen molar-refractivity contribution in [3.05, 3.63) is 64.4 Å². The standard InChI is InChI=1S/C18H21BrFN/c1-2-3-5-10-17(14-8-6-4-7-9-14)21-18-13-15(19)11-12-16(18)20/h4,6-9,11-13,17,21H,2-3,5,10H2,1H3. The van der Waals surface area contributed by atoms with Gasteiger partial charge in [-0.05, 0) is 30.2 Å². The Kier molecular flexibility index (Phi) is 6.24. The molecule has 0 aliphatic carbocycles. The third kappa shape index (κ3) is 4.85. The van der Waals surface area contributed by atoms with Crippen LogP contribution < -0.4 is 5.32 Å². The highest BCUT2D eigenvalue weighted by Crippen LogP contribution is 2.28. The molecule has 1 unspecified atom stereocenters. The van der Waals surface area contributed by atoms with Gasteiger partial charge in [0.25, 0.3) is 0 Å². The lowest BCUT2D eigenvalue weighted by Crippen LogP contribution is -2.12. The van der Waals surface area contributed by atoms with Crippen LogP contribution in [0, 0.1) is 5.82 Å². The molecule has 0 aromatic heterocycles. The zero-order valence-corrected chi connectivity index (χ0v) is 13.9. The van der Waals surface area contributed by atoms with Crippen molar-refractivity contribution in [1.82, 2.24) is 0 Å². The highest BCUT2D eigenvalue weighted by Gasteiger charge is 2.13. The Bertz CT molecular complexity index is 556. The number of anilines is 1. The molecule has 112 valence electrons. The van der Waals surface area contributed by atoms with Gasteiger partial charge in [-0.2, -0.15) is 0 Å². The number of unbranched alkanes of at least 4 members (excludes halogenated alkanes) is 2. The fraction of sp³-hybridized carbons (Fsp3) is 0.333. The van der Waals surface area contributed by atoms with E-state index in [4.69, 9.17) is 0 Å². The Morgan fingerprint density at radius 2 is 1.86 bits per heavy atom. The molecule has 0 saturated heterocycles. The Morgan fingerprint density at radius 1 is 1.10 bits per heavy atom. The lowest BCUT2D eigenvalue weighted by molar-refractivity contribution is 0.593. The van der Waals surface area contributed by atoms with Crippen molar-refractivity contribution < 1.29 is 4.39 Å². The third-order valence-electron chi connectivity index (χ3n) is 3.56. The molecular weight excluding hydrogens is 329 g/mol. The fourth-order valence-corrected chi connectivity index (χ4v) is 2.76. The van der Waals surface area contributed by atoms with Crippen LogP contribution in [-0.2, 0) is 0 Å². The quantitative estimate of drug-likeness (QED) is 0.576. The predicted octanol–water partition coefficient (Wildman–Crippen LogP) is 6.32. The van der Waals surface area contributed by atoms with E-state index in [1.54, 1.807) is 12.1 Å². The number of hydrogen-bond donors (Lipinski definition) is 1. The van der Waals surface area contributed by atoms with Crippen molar-refractivity contribution in [1.29, 1.82) is 0 Å². The number of hydrogen-bond acceptors (Lipinski definition) is 1. The largest absolute Gasteiger partial charge is 0.376 e. The topological polar surface area (TPSA) is 12.0 Å². The Morgan fingerprint density at radius 3 is 2.57 bits per heavy atom. The van der Waals surface area contributed by atoms with E-state index >= 15 is 0 Å². The Labute approximate surface area is 134 Å². The van der Waals surface area contributed by atoms with Crippen LogP contribution in [-0.4, -0.2) is 0 Å². The molecule has 0 heterocycles. The molecule has 0 saturated carbocycles. The summed E-state index contributed by atoms with van der Waals surface area (Å²) >= 11 is 3.40. The lowest BCUT2D eigenvalue weighted by atomic mass is 10.00. The van der Waals surface area contributed by atoms with E-state index in [1.807, 2.05) is 18.2 Å². The van der Waals surface area contributed by atoms with E-state index in [1.165, 1.54) is 24.5 Å². The molecule has 0 amide bonds. The fourth-order valence-electron chi connectivity index (χ4n) is 2.40. The first-order chi connectivity index (χ1) is 10.2. The first-order valence-corrected chi connectivity index (χ1v) is 8.26. The lowest BCUT2D eigenvalue weighted by Gasteiger charge is -2.21. The molecule has 1 nitrogen and oxygen atoms in total. The van der Waals surface area contributed by atoms with Crippen LogP contribution in [0.25, 0.3) is 0 Å². The van der Waals surface area contributed by atoms with Gasteiger partial charge in [0, 0.05) is 4.47 Å². The van der Waals surface area contributed by atoms with Crippen LogP contribution in [0.3, 0.4) is 0 Å². The maximum atomic E-state index is 14.0. The van der Waals surface area contributed by atoms with Crippen LogP contribution in [0.15, 0.2) is 53.0 Å². The van der Waals surface area contributed by atoms with Crippen LogP contribution in [0.4, 0.5) is 10.1 Å². The molecule has 0 aliphatic heterocycles. The van der Waals surface area contributed by atoms with E-state index in [0.29, 0.717) is 5.69 Å². The zero-order valence-electron chi connectivity index (χ0n) is 12.3. The molecule has 3 heteroatoms. The van der Waals surface area contributed by atoms with E-state index in [2.05, 4.69) is 40.3 Å². The average molecular weight is 350 g/mol. The zero-order chi connectivity index (χ0) is 15.1. The first-order valence-electron chi connectivity index (χ1n) is 7.47. The summed E-state index contributed by atoms with van der Waals surface area (Å²) in [4.78, 5) is 0. The SMILES string of the molecule is CCCCCC(Nc1cc(Br)ccc1F)c1ccccc1. The second-order valence-corrected chi connectivity index (χ2v) is 6.14. The monoisotopic (exact) mass is 349 g/mol. The molecule has 0 spiro atoms. The molecule has 2 rings (SSSR count). The van der Waals surface area contributed by atoms with Gasteiger partial charge in [-0.25, -0.2) is 4.39 Å². The number of rotatable bonds is 7. The van der Waals surface area contributed by atoms with Gasteiger partial charge < -0.3 is 5.32 Å². The molecule has 1 atom stereocenters. The summed E-state index contributed by atoms with van der Waals surface area (Å²) in [5, 5.41) is 3.36. The van der Waals surface area contributed by atoms with Crippen molar-refractivity contribution in [3.63, 3.8) is 0 Å². The van der Waals surface area contributed by atoms with Crippen molar-refractivity contribution in [2.75, 3.05) is 5.32 Å². The van der Waals surface area contributed by atoms with Crippen LogP contribution in [0.2, 0.25) is 0 Å². The molecule has 2 aromatic rings. The van der Waals surface area contributed by atoms with E-state index < -0.39 is 0 Å². The molecule has 21 heavy (non-hydrogen) atoms. The van der Waals surface area contributed by atoms with E-state index in [-0.39, 0.29) is 11.9 Å². The summed E-state index contributed by atoms with van der Waals surface area (Å²) < 4.78 is 14.8. The van der Waals surface area contributed by atoms with Gasteiger partial charge in [0.15, 0.2) is 0 Å². The van der Waals surface area contributed by atoms with Crippen molar-refractivity contribution in [2.24, 2.45) is 0 Å². The second kappa shape index (κ2) is 8.18. The van der Waals surface area contributed by atoms with Crippen LogP contribution >= 0.6 is 15.9 Å². The minimum atomic E-state index is -0.213. The number of halogens is 2. The van der Waals surface area contributed by atoms with Crippen LogP contribution in [0.5, 0.6) is 0 Å². The summed E-state index contributed by atoms with van der Waals surface area (Å²) in [5.41, 5.74) is 1.75. The van der Waals surface area contributed by atoms with Gasteiger partial charge in [-0.1, -0.05) is 72.4 Å². The van der Waals surface area contributed by atoms with Gasteiger partial charge in [0.05, 0.1) is 11.7 Å². The molecule has 1 N–H and O–H groups in total. The van der Waals surface area contributed by atoms with Gasteiger partial charge in [0.2, 0.25) is 0 Å². The normalized spacial score (nSPS) is 12.1. The summed E-state index contributed by atoms with van der Waals surface area (Å²) in [7, 11) is 0. The van der Waals surface area contributed by atoms with Crippen molar-refractivity contribution in [2.45, 2.75) is 38.6 Å². The summed E-state index contributed by atoms with van der Waals surface area (Å²) in [6.45, 7) is 2.19. The van der Waals surface area contributed by atoms with Crippen LogP contribution in [0.1, 0.15) is 44.2 Å². The minimum Gasteiger partial charge on any atom is -0.376 e. The highest BCUT2D eigenvalue weighted by molar-refractivity contribution is 9.10. The minimum absolute atomic E-state index is 0.140. The average Bonchev–Trinajstić information content (AvgIpc) is 2.51. The molecular formula is C18H21BrFN. The number of nitrogens with one attached hydrogen (secondary N) is 1. The van der Waals surface area contributed by atoms with Crippen molar-refractivity contribution >= 4 is 21.6 Å². The summed E-state index contributed by atoms with van der Waals surface area (Å²) in [6, 6.07) is 15.4. The maximum Gasteiger partial charge on any atom is 0.146 e. The van der Waals surface area contributed by atoms with Gasteiger partial charge >= 0.3 is 0 Å². The Balaban J connectivity index is 2.17. The van der Waals surface area contributed by atoms with E-state index in [9.17, 15) is 4.39 Å². The van der Waals surface area contributed by atoms with Gasteiger partial charge in [0.1, 0.15) is 5.82 Å². The van der Waals surface area contributed by atoms with Crippen molar-refractivity contribution in [3.8, 4) is 0 Å². The smallest absolute Gasteiger partial charge is 0.146 e. The van der Waals surface area contributed by atoms with Gasteiger partial charge in [-0.15, -0.1) is 0 Å². The summed E-state index contributed by atoms with van der Waals surface area (Å²) in [6.07, 6.45) is 4.53. The third-order valence-corrected chi connectivity index (χ3v) is 4.05. The summed E-state index contributed by atoms with van der Waals surface area (Å²) in [5.74, 6) is -0.213. The highest BCUT2D eigenvalue weighted by atomic mass is 79.9. The number of benzene rings is 2. The molecule has 0 radical (unpaired) electrons.